The van der Waals surface area contributed by atoms with Crippen molar-refractivity contribution in [2.75, 3.05) is 78.8 Å². The Labute approximate surface area is 196 Å². The van der Waals surface area contributed by atoms with Gasteiger partial charge in [-0.05, 0) is 32.0 Å². The second kappa shape index (κ2) is 13.3. The van der Waals surface area contributed by atoms with Gasteiger partial charge in [-0.15, -0.1) is 0 Å². The van der Waals surface area contributed by atoms with E-state index >= 15 is 0 Å². The van der Waals surface area contributed by atoms with E-state index in [2.05, 4.69) is 9.80 Å². The summed E-state index contributed by atoms with van der Waals surface area (Å²) >= 11 is 0. The molecular formula is C24H38FN3O5. The molecule has 2 atom stereocenters. The predicted molar refractivity (Wildman–Crippen MR) is 123 cm³/mol. The molecule has 2 saturated heterocycles. The molecule has 33 heavy (non-hydrogen) atoms. The third kappa shape index (κ3) is 8.92. The van der Waals surface area contributed by atoms with Gasteiger partial charge in [0.05, 0.1) is 44.7 Å². The SMILES string of the molecule is CC(C)OCC(O)CN1CCOC(CN(CCN2CCOCC2)C(=O)c2cccc(F)c2)C1. The Morgan fingerprint density at radius 3 is 2.73 bits per heavy atom. The highest BCUT2D eigenvalue weighted by Crippen LogP contribution is 2.13. The maximum atomic E-state index is 13.8. The smallest absolute Gasteiger partial charge is 0.254 e. The van der Waals surface area contributed by atoms with Gasteiger partial charge < -0.3 is 24.2 Å². The number of halogens is 1. The first kappa shape index (κ1) is 26.0. The summed E-state index contributed by atoms with van der Waals surface area (Å²) in [6, 6.07) is 5.82. The Morgan fingerprint density at radius 1 is 1.24 bits per heavy atom. The molecule has 0 radical (unpaired) electrons. The summed E-state index contributed by atoms with van der Waals surface area (Å²) in [4.78, 5) is 19.4. The molecule has 1 aromatic carbocycles. The maximum absolute atomic E-state index is 13.8. The number of amides is 1. The van der Waals surface area contributed by atoms with Crippen molar-refractivity contribution in [1.82, 2.24) is 14.7 Å². The van der Waals surface area contributed by atoms with Crippen molar-refractivity contribution in [2.45, 2.75) is 32.2 Å². The predicted octanol–water partition coefficient (Wildman–Crippen LogP) is 1.09. The van der Waals surface area contributed by atoms with Crippen LogP contribution in [-0.2, 0) is 14.2 Å². The average Bonchev–Trinajstić information content (AvgIpc) is 2.81. The molecule has 3 rings (SSSR count). The third-order valence-electron chi connectivity index (χ3n) is 5.89. The van der Waals surface area contributed by atoms with Gasteiger partial charge in [0.2, 0.25) is 0 Å². The van der Waals surface area contributed by atoms with Gasteiger partial charge in [-0.25, -0.2) is 4.39 Å². The molecule has 1 aromatic rings. The molecule has 9 heteroatoms. The molecule has 0 saturated carbocycles. The number of hydrogen-bond donors (Lipinski definition) is 1. The second-order valence-corrected chi connectivity index (χ2v) is 9.00. The van der Waals surface area contributed by atoms with Crippen LogP contribution >= 0.6 is 0 Å². The van der Waals surface area contributed by atoms with Gasteiger partial charge in [0, 0.05) is 57.9 Å². The summed E-state index contributed by atoms with van der Waals surface area (Å²) in [5.74, 6) is -0.625. The van der Waals surface area contributed by atoms with E-state index in [1.54, 1.807) is 17.0 Å². The standard InChI is InChI=1S/C24H38FN3O5/c1-19(2)33-18-22(29)15-27-10-13-32-23(16-27)17-28(7-6-26-8-11-31-12-9-26)24(30)20-4-3-5-21(25)14-20/h3-5,14,19,22-23,29H,6-13,15-18H2,1-2H3. The molecule has 186 valence electrons. The monoisotopic (exact) mass is 467 g/mol. The van der Waals surface area contributed by atoms with Crippen molar-refractivity contribution >= 4 is 5.91 Å². The number of carbonyl (C=O) groups excluding carboxylic acids is 1. The van der Waals surface area contributed by atoms with Crippen LogP contribution in [0, 0.1) is 5.82 Å². The minimum Gasteiger partial charge on any atom is -0.389 e. The first-order chi connectivity index (χ1) is 15.9. The Morgan fingerprint density at radius 2 is 2.00 bits per heavy atom. The number of β-amino-alcohol motifs (C(OH)–C–C–N with tert-alkyl or cyclic N) is 1. The van der Waals surface area contributed by atoms with Crippen LogP contribution < -0.4 is 0 Å². The van der Waals surface area contributed by atoms with Crippen LogP contribution in [0.3, 0.4) is 0 Å². The van der Waals surface area contributed by atoms with E-state index in [-0.39, 0.29) is 18.1 Å². The third-order valence-corrected chi connectivity index (χ3v) is 5.89. The summed E-state index contributed by atoms with van der Waals surface area (Å²) in [6.07, 6.45) is -0.678. The Balaban J connectivity index is 1.59. The molecule has 1 amide bonds. The topological polar surface area (TPSA) is 74.7 Å². The summed E-state index contributed by atoms with van der Waals surface area (Å²) in [7, 11) is 0. The molecule has 8 nitrogen and oxygen atoms in total. The van der Waals surface area contributed by atoms with E-state index in [0.717, 1.165) is 26.2 Å². The fourth-order valence-electron chi connectivity index (χ4n) is 4.12. The summed E-state index contributed by atoms with van der Waals surface area (Å²) in [5, 5.41) is 10.3. The molecule has 2 aliphatic rings. The zero-order chi connectivity index (χ0) is 23.6. The number of morpholine rings is 2. The van der Waals surface area contributed by atoms with Gasteiger partial charge in [-0.3, -0.25) is 14.6 Å². The fraction of sp³-hybridized carbons (Fsp3) is 0.708. The highest BCUT2D eigenvalue weighted by molar-refractivity contribution is 5.94. The minimum atomic E-state index is -0.572. The maximum Gasteiger partial charge on any atom is 0.254 e. The lowest BCUT2D eigenvalue weighted by atomic mass is 10.1. The minimum absolute atomic E-state index is 0.0750. The number of hydrogen-bond acceptors (Lipinski definition) is 7. The molecule has 0 aliphatic carbocycles. The van der Waals surface area contributed by atoms with E-state index in [0.29, 0.717) is 58.2 Å². The summed E-state index contributed by atoms with van der Waals surface area (Å²) in [6.45, 7) is 11.3. The number of aliphatic hydroxyl groups excluding tert-OH is 1. The lowest BCUT2D eigenvalue weighted by molar-refractivity contribution is -0.0633. The Kier molecular flexibility index (Phi) is 10.5. The summed E-state index contributed by atoms with van der Waals surface area (Å²) in [5.41, 5.74) is 0.339. The Hall–Kier alpha value is -1.62. The molecular weight excluding hydrogens is 429 g/mol. The number of benzene rings is 1. The van der Waals surface area contributed by atoms with Crippen molar-refractivity contribution < 1.29 is 28.5 Å². The van der Waals surface area contributed by atoms with Crippen molar-refractivity contribution in [1.29, 1.82) is 0 Å². The van der Waals surface area contributed by atoms with Gasteiger partial charge in [0.25, 0.3) is 5.91 Å². The molecule has 2 fully saturated rings. The van der Waals surface area contributed by atoms with E-state index in [4.69, 9.17) is 14.2 Å². The molecule has 2 heterocycles. The van der Waals surface area contributed by atoms with Gasteiger partial charge >= 0.3 is 0 Å². The first-order valence-electron chi connectivity index (χ1n) is 11.9. The van der Waals surface area contributed by atoms with E-state index in [1.807, 2.05) is 13.8 Å². The van der Waals surface area contributed by atoms with Crippen molar-refractivity contribution in [3.05, 3.63) is 35.6 Å². The van der Waals surface area contributed by atoms with E-state index < -0.39 is 11.9 Å². The van der Waals surface area contributed by atoms with Gasteiger partial charge in [0.15, 0.2) is 0 Å². The number of aliphatic hydroxyl groups is 1. The number of carbonyl (C=O) groups is 1. The Bertz CT molecular complexity index is 732. The van der Waals surface area contributed by atoms with E-state index in [9.17, 15) is 14.3 Å². The number of rotatable bonds is 11. The molecule has 0 spiro atoms. The van der Waals surface area contributed by atoms with Crippen LogP contribution in [-0.4, -0.2) is 123 Å². The molecule has 1 N–H and O–H groups in total. The number of ether oxygens (including phenoxy) is 3. The van der Waals surface area contributed by atoms with Crippen LogP contribution in [0.25, 0.3) is 0 Å². The lowest BCUT2D eigenvalue weighted by Gasteiger charge is -2.37. The van der Waals surface area contributed by atoms with Crippen LogP contribution in [0.2, 0.25) is 0 Å². The largest absolute Gasteiger partial charge is 0.389 e. The van der Waals surface area contributed by atoms with Gasteiger partial charge in [-0.2, -0.15) is 0 Å². The second-order valence-electron chi connectivity index (χ2n) is 9.00. The quantitative estimate of drug-likeness (QED) is 0.522. The molecule has 0 aromatic heterocycles. The van der Waals surface area contributed by atoms with Crippen molar-refractivity contribution in [2.24, 2.45) is 0 Å². The van der Waals surface area contributed by atoms with Crippen LogP contribution in [0.15, 0.2) is 24.3 Å². The molecule has 0 bridgehead atoms. The van der Waals surface area contributed by atoms with Gasteiger partial charge in [-0.1, -0.05) is 6.07 Å². The van der Waals surface area contributed by atoms with Gasteiger partial charge in [0.1, 0.15) is 5.82 Å². The van der Waals surface area contributed by atoms with E-state index in [1.165, 1.54) is 12.1 Å². The summed E-state index contributed by atoms with van der Waals surface area (Å²) < 4.78 is 30.6. The highest BCUT2D eigenvalue weighted by atomic mass is 19.1. The first-order valence-corrected chi connectivity index (χ1v) is 11.9. The molecule has 2 aliphatic heterocycles. The number of nitrogens with zero attached hydrogens (tertiary/aromatic N) is 3. The average molecular weight is 468 g/mol. The lowest BCUT2D eigenvalue weighted by Crippen LogP contribution is -2.52. The zero-order valence-electron chi connectivity index (χ0n) is 19.8. The highest BCUT2D eigenvalue weighted by Gasteiger charge is 2.27. The zero-order valence-corrected chi connectivity index (χ0v) is 19.8. The van der Waals surface area contributed by atoms with Crippen molar-refractivity contribution in [3.8, 4) is 0 Å². The van der Waals surface area contributed by atoms with Crippen LogP contribution in [0.1, 0.15) is 24.2 Å². The fourth-order valence-corrected chi connectivity index (χ4v) is 4.12. The van der Waals surface area contributed by atoms with Crippen LogP contribution in [0.4, 0.5) is 4.39 Å². The molecule has 2 unspecified atom stereocenters. The normalized spacial score (nSPS) is 21.3. The van der Waals surface area contributed by atoms with Crippen molar-refractivity contribution in [3.63, 3.8) is 0 Å². The van der Waals surface area contributed by atoms with Crippen LogP contribution in [0.5, 0.6) is 0 Å².